The predicted molar refractivity (Wildman–Crippen MR) is 45.7 cm³/mol. The molecule has 78 valence electrons. The standard InChI is InChI=1S/C5H10O6S2/c1-5(4(6)7,12(2,8)9)13(3,10)11/h1-3H3,(H,6,7). The largest absolute Gasteiger partial charge is 0.479 e. The summed E-state index contributed by atoms with van der Waals surface area (Å²) in [6, 6.07) is 0. The van der Waals surface area contributed by atoms with Gasteiger partial charge in [-0.05, 0) is 6.92 Å². The molecule has 0 atom stereocenters. The lowest BCUT2D eigenvalue weighted by molar-refractivity contribution is -0.137. The Hall–Kier alpha value is -0.630. The maximum Gasteiger partial charge on any atom is 0.340 e. The highest BCUT2D eigenvalue weighted by Crippen LogP contribution is 2.22. The normalized spacial score (nSPS) is 14.1. The van der Waals surface area contributed by atoms with Crippen molar-refractivity contribution < 1.29 is 26.7 Å². The predicted octanol–water partition coefficient (Wildman–Crippen LogP) is -1.12. The molecule has 0 heterocycles. The van der Waals surface area contributed by atoms with Gasteiger partial charge in [-0.1, -0.05) is 0 Å². The number of carbonyl (C=O) groups is 1. The molecule has 0 unspecified atom stereocenters. The molecule has 0 spiro atoms. The van der Waals surface area contributed by atoms with Gasteiger partial charge in [0.05, 0.1) is 0 Å². The third kappa shape index (κ3) is 1.83. The van der Waals surface area contributed by atoms with Crippen LogP contribution in [0.15, 0.2) is 0 Å². The SMILES string of the molecule is CC(C(=O)O)(S(C)(=O)=O)S(C)(=O)=O. The monoisotopic (exact) mass is 230 g/mol. The van der Waals surface area contributed by atoms with Crippen molar-refractivity contribution in [3.8, 4) is 0 Å². The van der Waals surface area contributed by atoms with Crippen LogP contribution in [0.2, 0.25) is 0 Å². The summed E-state index contributed by atoms with van der Waals surface area (Å²) in [5, 5.41) is 8.55. The molecule has 0 fully saturated rings. The summed E-state index contributed by atoms with van der Waals surface area (Å²) >= 11 is 0. The fourth-order valence-electron chi connectivity index (χ4n) is 0.592. The zero-order chi connectivity index (χ0) is 11.1. The van der Waals surface area contributed by atoms with Gasteiger partial charge in [-0.3, -0.25) is 0 Å². The number of sulfone groups is 2. The Balaban J connectivity index is 5.96. The van der Waals surface area contributed by atoms with Gasteiger partial charge in [0.2, 0.25) is 0 Å². The Kier molecular flexibility index (Phi) is 2.80. The van der Waals surface area contributed by atoms with Gasteiger partial charge in [0.25, 0.3) is 4.08 Å². The molecule has 0 radical (unpaired) electrons. The van der Waals surface area contributed by atoms with Gasteiger partial charge in [-0.2, -0.15) is 0 Å². The van der Waals surface area contributed by atoms with Crippen LogP contribution in [0.1, 0.15) is 6.92 Å². The van der Waals surface area contributed by atoms with Crippen LogP contribution in [0.3, 0.4) is 0 Å². The van der Waals surface area contributed by atoms with Crippen molar-refractivity contribution in [3.63, 3.8) is 0 Å². The molecule has 8 heteroatoms. The van der Waals surface area contributed by atoms with E-state index in [1.165, 1.54) is 0 Å². The number of aliphatic carboxylic acids is 1. The second kappa shape index (κ2) is 2.95. The van der Waals surface area contributed by atoms with Gasteiger partial charge in [0, 0.05) is 12.5 Å². The van der Waals surface area contributed by atoms with Gasteiger partial charge in [-0.15, -0.1) is 0 Å². The molecule has 0 aromatic heterocycles. The van der Waals surface area contributed by atoms with Crippen LogP contribution < -0.4 is 0 Å². The molecule has 0 rings (SSSR count). The van der Waals surface area contributed by atoms with Gasteiger partial charge in [0.15, 0.2) is 19.7 Å². The Morgan fingerprint density at radius 3 is 1.31 bits per heavy atom. The Morgan fingerprint density at radius 1 is 1.08 bits per heavy atom. The molecule has 0 bridgehead atoms. The first-order chi connectivity index (χ1) is 5.44. The average Bonchev–Trinajstić information content (AvgIpc) is 1.80. The number of carboxylic acids is 1. The zero-order valence-electron chi connectivity index (χ0n) is 7.30. The van der Waals surface area contributed by atoms with Crippen molar-refractivity contribution in [2.45, 2.75) is 11.0 Å². The third-order valence-electron chi connectivity index (χ3n) is 1.80. The van der Waals surface area contributed by atoms with Crippen molar-refractivity contribution in [2.24, 2.45) is 0 Å². The number of carboxylic acid groups (broad SMARTS) is 1. The minimum atomic E-state index is -4.21. The summed E-state index contributed by atoms with van der Waals surface area (Å²) in [7, 11) is -8.42. The second-order valence-electron chi connectivity index (χ2n) is 2.80. The van der Waals surface area contributed by atoms with Crippen molar-refractivity contribution >= 4 is 25.6 Å². The van der Waals surface area contributed by atoms with Crippen molar-refractivity contribution in [3.05, 3.63) is 0 Å². The van der Waals surface area contributed by atoms with Crippen LogP contribution >= 0.6 is 0 Å². The van der Waals surface area contributed by atoms with Crippen LogP contribution in [-0.2, 0) is 24.5 Å². The van der Waals surface area contributed by atoms with E-state index in [9.17, 15) is 21.6 Å². The van der Waals surface area contributed by atoms with E-state index in [1.807, 2.05) is 0 Å². The molecule has 0 aliphatic rings. The molecular weight excluding hydrogens is 220 g/mol. The van der Waals surface area contributed by atoms with Crippen LogP contribution in [-0.4, -0.2) is 44.5 Å². The molecule has 0 aliphatic heterocycles. The molecule has 0 amide bonds. The summed E-state index contributed by atoms with van der Waals surface area (Å²) in [6.07, 6.45) is 1.14. The highest BCUT2D eigenvalue weighted by atomic mass is 32.3. The molecule has 1 N–H and O–H groups in total. The van der Waals surface area contributed by atoms with Crippen molar-refractivity contribution in [2.75, 3.05) is 12.5 Å². The van der Waals surface area contributed by atoms with E-state index >= 15 is 0 Å². The number of hydrogen-bond acceptors (Lipinski definition) is 5. The maximum atomic E-state index is 11.0. The molecule has 0 aromatic carbocycles. The van der Waals surface area contributed by atoms with Gasteiger partial charge in [0.1, 0.15) is 0 Å². The number of hydrogen-bond donors (Lipinski definition) is 1. The van der Waals surface area contributed by atoms with Gasteiger partial charge >= 0.3 is 5.97 Å². The first-order valence-corrected chi connectivity index (χ1v) is 6.85. The fraction of sp³-hybridized carbons (Fsp3) is 0.800. The van der Waals surface area contributed by atoms with E-state index in [0.717, 1.165) is 0 Å². The molecule has 6 nitrogen and oxygen atoms in total. The maximum absolute atomic E-state index is 11.0. The van der Waals surface area contributed by atoms with Crippen molar-refractivity contribution in [1.29, 1.82) is 0 Å². The van der Waals surface area contributed by atoms with E-state index in [1.54, 1.807) is 0 Å². The molecular formula is C5H10O6S2. The summed E-state index contributed by atoms with van der Waals surface area (Å²) in [5.74, 6) is -1.89. The highest BCUT2D eigenvalue weighted by molar-refractivity contribution is 8.10. The molecule has 13 heavy (non-hydrogen) atoms. The smallest absolute Gasteiger partial charge is 0.340 e. The third-order valence-corrected chi connectivity index (χ3v) is 6.80. The first-order valence-electron chi connectivity index (χ1n) is 3.07. The minimum Gasteiger partial charge on any atom is -0.479 e. The van der Waals surface area contributed by atoms with Crippen LogP contribution in [0, 0.1) is 0 Å². The van der Waals surface area contributed by atoms with Gasteiger partial charge < -0.3 is 5.11 Å². The molecule has 0 saturated heterocycles. The van der Waals surface area contributed by atoms with Gasteiger partial charge in [-0.25, -0.2) is 21.6 Å². The van der Waals surface area contributed by atoms with Crippen LogP contribution in [0.25, 0.3) is 0 Å². The van der Waals surface area contributed by atoms with E-state index in [0.29, 0.717) is 19.4 Å². The summed E-state index contributed by atoms with van der Waals surface area (Å²) in [6.45, 7) is 0.653. The van der Waals surface area contributed by atoms with E-state index < -0.39 is 29.7 Å². The lowest BCUT2D eigenvalue weighted by atomic mass is 10.5. The van der Waals surface area contributed by atoms with E-state index in [-0.39, 0.29) is 0 Å². The average molecular weight is 230 g/mol. The second-order valence-corrected chi connectivity index (χ2v) is 7.78. The fourth-order valence-corrected chi connectivity index (χ4v) is 3.43. The highest BCUT2D eigenvalue weighted by Gasteiger charge is 2.53. The molecule has 0 aromatic rings. The topological polar surface area (TPSA) is 106 Å². The summed E-state index contributed by atoms with van der Waals surface area (Å²) in [5.41, 5.74) is 0. The summed E-state index contributed by atoms with van der Waals surface area (Å²) < 4.78 is 41.2. The van der Waals surface area contributed by atoms with E-state index in [2.05, 4.69) is 0 Å². The lowest BCUT2D eigenvalue weighted by Gasteiger charge is -2.19. The van der Waals surface area contributed by atoms with Crippen LogP contribution in [0.5, 0.6) is 0 Å². The number of rotatable bonds is 3. The van der Waals surface area contributed by atoms with E-state index in [4.69, 9.17) is 5.11 Å². The Bertz CT molecular complexity index is 382. The lowest BCUT2D eigenvalue weighted by Crippen LogP contribution is -2.49. The van der Waals surface area contributed by atoms with Crippen molar-refractivity contribution in [1.82, 2.24) is 0 Å². The zero-order valence-corrected chi connectivity index (χ0v) is 8.94. The Labute approximate surface area is 76.4 Å². The first kappa shape index (κ1) is 12.4. The quantitative estimate of drug-likeness (QED) is 0.658. The Morgan fingerprint density at radius 2 is 1.31 bits per heavy atom. The summed E-state index contributed by atoms with van der Waals surface area (Å²) in [4.78, 5) is 10.6. The van der Waals surface area contributed by atoms with Crippen LogP contribution in [0.4, 0.5) is 0 Å². The minimum absolute atomic E-state index is 0.572. The molecule has 0 aliphatic carbocycles. The molecule has 0 saturated carbocycles.